The number of rotatable bonds is 4. The van der Waals surface area contributed by atoms with Gasteiger partial charge in [0.15, 0.2) is 0 Å². The monoisotopic (exact) mass is 334 g/mol. The first kappa shape index (κ1) is 17.4. The van der Waals surface area contributed by atoms with E-state index in [-0.39, 0.29) is 17.3 Å². The molecule has 0 N–H and O–H groups in total. The number of amides is 1. The Kier molecular flexibility index (Phi) is 5.21. The van der Waals surface area contributed by atoms with Crippen molar-refractivity contribution in [2.75, 3.05) is 33.4 Å². The molecule has 0 saturated carbocycles. The molecule has 0 aromatic heterocycles. The molecule has 1 aromatic rings. The third-order valence-electron chi connectivity index (χ3n) is 5.83. The number of likely N-dealkylation sites (tertiary alicyclic amines) is 2. The van der Waals surface area contributed by atoms with E-state index in [0.29, 0.717) is 11.6 Å². The van der Waals surface area contributed by atoms with Crippen LogP contribution in [0.3, 0.4) is 0 Å². The van der Waals surface area contributed by atoms with Crippen LogP contribution >= 0.6 is 0 Å². The summed E-state index contributed by atoms with van der Waals surface area (Å²) in [5, 5.41) is 0. The molecule has 2 aliphatic rings. The van der Waals surface area contributed by atoms with Crippen LogP contribution in [0.5, 0.6) is 0 Å². The molecular formula is C19H27FN2O2. The zero-order chi connectivity index (χ0) is 17.2. The number of hydrogen-bond acceptors (Lipinski definition) is 3. The number of hydrogen-bond donors (Lipinski definition) is 0. The third-order valence-corrected chi connectivity index (χ3v) is 5.83. The molecular weight excluding hydrogens is 307 g/mol. The van der Waals surface area contributed by atoms with Crippen molar-refractivity contribution in [1.82, 2.24) is 9.80 Å². The highest BCUT2D eigenvalue weighted by Crippen LogP contribution is 2.40. The number of likely N-dealkylation sites (N-methyl/N-ethyl adjacent to an activating group) is 1. The summed E-state index contributed by atoms with van der Waals surface area (Å²) in [5.74, 6) is -0.298. The van der Waals surface area contributed by atoms with Crippen molar-refractivity contribution in [3.63, 3.8) is 0 Å². The van der Waals surface area contributed by atoms with Crippen LogP contribution in [-0.2, 0) is 4.74 Å². The normalized spacial score (nSPS) is 23.8. The van der Waals surface area contributed by atoms with Gasteiger partial charge in [-0.05, 0) is 63.9 Å². The van der Waals surface area contributed by atoms with Gasteiger partial charge in [-0.25, -0.2) is 4.39 Å². The van der Waals surface area contributed by atoms with Crippen molar-refractivity contribution < 1.29 is 13.9 Å². The molecule has 1 aromatic carbocycles. The van der Waals surface area contributed by atoms with Gasteiger partial charge in [-0.15, -0.1) is 0 Å². The average Bonchev–Trinajstić information content (AvgIpc) is 2.90. The fourth-order valence-electron chi connectivity index (χ4n) is 4.15. The molecule has 2 fully saturated rings. The number of carbonyl (C=O) groups is 1. The van der Waals surface area contributed by atoms with Crippen molar-refractivity contribution in [2.45, 2.75) is 44.2 Å². The minimum Gasteiger partial charge on any atom is -0.380 e. The van der Waals surface area contributed by atoms with Crippen LogP contribution in [-0.4, -0.2) is 60.6 Å². The van der Waals surface area contributed by atoms with E-state index in [1.165, 1.54) is 25.0 Å². The van der Waals surface area contributed by atoms with E-state index in [1.807, 2.05) is 11.8 Å². The Hall–Kier alpha value is -1.46. The lowest BCUT2D eigenvalue weighted by Crippen LogP contribution is -2.54. The Labute approximate surface area is 143 Å². The standard InChI is InChI=1S/C19H27FN2O2/c1-3-24-14-17-8-9-19(21(17)2)10-12-22(13-11-19)18(23)15-4-6-16(20)7-5-15/h4-7,17H,3,8-14H2,1-2H3/t17-/m1/s1. The van der Waals surface area contributed by atoms with Gasteiger partial charge in [-0.3, -0.25) is 9.69 Å². The summed E-state index contributed by atoms with van der Waals surface area (Å²) in [7, 11) is 2.20. The molecule has 0 aliphatic carbocycles. The van der Waals surface area contributed by atoms with Crippen LogP contribution in [0.25, 0.3) is 0 Å². The molecule has 1 spiro atoms. The smallest absolute Gasteiger partial charge is 0.253 e. The number of ether oxygens (including phenoxy) is 1. The number of piperidine rings is 1. The van der Waals surface area contributed by atoms with Gasteiger partial charge >= 0.3 is 0 Å². The second-order valence-corrected chi connectivity index (χ2v) is 6.99. The molecule has 2 saturated heterocycles. The second-order valence-electron chi connectivity index (χ2n) is 6.99. The minimum absolute atomic E-state index is 0.0105. The lowest BCUT2D eigenvalue weighted by atomic mass is 9.85. The van der Waals surface area contributed by atoms with E-state index in [2.05, 4.69) is 11.9 Å². The first-order chi connectivity index (χ1) is 11.6. The van der Waals surface area contributed by atoms with Gasteiger partial charge in [0.2, 0.25) is 0 Å². The number of benzene rings is 1. The fraction of sp³-hybridized carbons (Fsp3) is 0.632. The summed E-state index contributed by atoms with van der Waals surface area (Å²) in [6.07, 6.45) is 4.35. The first-order valence-corrected chi connectivity index (χ1v) is 8.91. The maximum absolute atomic E-state index is 13.0. The highest BCUT2D eigenvalue weighted by atomic mass is 19.1. The Bertz CT molecular complexity index is 567. The third kappa shape index (κ3) is 3.33. The van der Waals surface area contributed by atoms with Crippen LogP contribution in [0, 0.1) is 5.82 Å². The number of carbonyl (C=O) groups excluding carboxylic acids is 1. The Morgan fingerprint density at radius 1 is 1.25 bits per heavy atom. The molecule has 132 valence electrons. The van der Waals surface area contributed by atoms with Crippen LogP contribution in [0.4, 0.5) is 4.39 Å². The van der Waals surface area contributed by atoms with Crippen molar-refractivity contribution in [2.24, 2.45) is 0 Å². The molecule has 2 heterocycles. The van der Waals surface area contributed by atoms with Gasteiger partial charge in [0.1, 0.15) is 5.82 Å². The number of halogens is 1. The van der Waals surface area contributed by atoms with Gasteiger partial charge in [0, 0.05) is 36.8 Å². The molecule has 3 rings (SSSR count). The summed E-state index contributed by atoms with van der Waals surface area (Å²) >= 11 is 0. The van der Waals surface area contributed by atoms with Gasteiger partial charge in [-0.1, -0.05) is 0 Å². The second kappa shape index (κ2) is 7.19. The van der Waals surface area contributed by atoms with E-state index in [4.69, 9.17) is 4.74 Å². The Morgan fingerprint density at radius 3 is 2.54 bits per heavy atom. The molecule has 1 atom stereocenters. The van der Waals surface area contributed by atoms with E-state index in [9.17, 15) is 9.18 Å². The SMILES string of the molecule is CCOC[C@H]1CCC2(CCN(C(=O)c3ccc(F)cc3)CC2)N1C. The predicted molar refractivity (Wildman–Crippen MR) is 91.5 cm³/mol. The van der Waals surface area contributed by atoms with E-state index >= 15 is 0 Å². The maximum atomic E-state index is 13.0. The van der Waals surface area contributed by atoms with E-state index in [0.717, 1.165) is 39.1 Å². The molecule has 5 heteroatoms. The zero-order valence-corrected chi connectivity index (χ0v) is 14.6. The molecule has 4 nitrogen and oxygen atoms in total. The highest BCUT2D eigenvalue weighted by molar-refractivity contribution is 5.94. The molecule has 24 heavy (non-hydrogen) atoms. The average molecular weight is 334 g/mol. The maximum Gasteiger partial charge on any atom is 0.253 e. The van der Waals surface area contributed by atoms with Gasteiger partial charge in [0.05, 0.1) is 6.61 Å². The molecule has 2 aliphatic heterocycles. The van der Waals surface area contributed by atoms with Gasteiger partial charge in [0.25, 0.3) is 5.91 Å². The molecule has 0 bridgehead atoms. The molecule has 0 unspecified atom stereocenters. The first-order valence-electron chi connectivity index (χ1n) is 8.91. The van der Waals surface area contributed by atoms with Crippen LogP contribution in [0.1, 0.15) is 43.0 Å². The molecule has 0 radical (unpaired) electrons. The van der Waals surface area contributed by atoms with Crippen molar-refractivity contribution in [1.29, 1.82) is 0 Å². The lowest BCUT2D eigenvalue weighted by Gasteiger charge is -2.45. The number of nitrogens with zero attached hydrogens (tertiary/aromatic N) is 2. The van der Waals surface area contributed by atoms with Crippen LogP contribution in [0.2, 0.25) is 0 Å². The topological polar surface area (TPSA) is 32.8 Å². The quantitative estimate of drug-likeness (QED) is 0.849. The Morgan fingerprint density at radius 2 is 1.92 bits per heavy atom. The van der Waals surface area contributed by atoms with E-state index < -0.39 is 0 Å². The summed E-state index contributed by atoms with van der Waals surface area (Å²) < 4.78 is 18.6. The predicted octanol–water partition coefficient (Wildman–Crippen LogP) is 2.93. The van der Waals surface area contributed by atoms with Gasteiger partial charge in [-0.2, -0.15) is 0 Å². The summed E-state index contributed by atoms with van der Waals surface area (Å²) in [6.45, 7) is 5.12. The fourth-order valence-corrected chi connectivity index (χ4v) is 4.15. The van der Waals surface area contributed by atoms with Crippen molar-refractivity contribution in [3.8, 4) is 0 Å². The van der Waals surface area contributed by atoms with Crippen molar-refractivity contribution >= 4 is 5.91 Å². The van der Waals surface area contributed by atoms with Crippen molar-refractivity contribution in [3.05, 3.63) is 35.6 Å². The van der Waals surface area contributed by atoms with Crippen LogP contribution < -0.4 is 0 Å². The van der Waals surface area contributed by atoms with Crippen LogP contribution in [0.15, 0.2) is 24.3 Å². The van der Waals surface area contributed by atoms with Gasteiger partial charge < -0.3 is 9.64 Å². The molecule has 1 amide bonds. The van der Waals surface area contributed by atoms with E-state index in [1.54, 1.807) is 12.1 Å². The summed E-state index contributed by atoms with van der Waals surface area (Å²) in [5.41, 5.74) is 0.780. The summed E-state index contributed by atoms with van der Waals surface area (Å²) in [4.78, 5) is 17.0. The summed E-state index contributed by atoms with van der Waals surface area (Å²) in [6, 6.07) is 6.33. The highest BCUT2D eigenvalue weighted by Gasteiger charge is 2.46. The largest absolute Gasteiger partial charge is 0.380 e. The Balaban J connectivity index is 1.59. The minimum atomic E-state index is -0.308. The zero-order valence-electron chi connectivity index (χ0n) is 14.6. The lowest BCUT2D eigenvalue weighted by molar-refractivity contribution is 0.0211.